The number of thiophene rings is 1. The Balaban J connectivity index is 1.20. The zero-order chi connectivity index (χ0) is 27.6. The monoisotopic (exact) mass is 554 g/mol. The molecule has 0 bridgehead atoms. The fraction of sp³-hybridized carbons (Fsp3) is 0. The number of para-hydroxylation sites is 2. The molecule has 0 spiro atoms. The number of hydrogen-bond acceptors (Lipinski definition) is 4. The summed E-state index contributed by atoms with van der Waals surface area (Å²) in [6.45, 7) is 0. The second kappa shape index (κ2) is 9.10. The van der Waals surface area contributed by atoms with Crippen molar-refractivity contribution in [1.82, 2.24) is 9.97 Å². The predicted octanol–water partition coefficient (Wildman–Crippen LogP) is 10.9. The van der Waals surface area contributed by atoms with Gasteiger partial charge in [0.05, 0.1) is 15.9 Å². The molecule has 0 saturated carbocycles. The maximum Gasteiger partial charge on any atom is 0.143 e. The molecular weight excluding hydrogens is 532 g/mol. The van der Waals surface area contributed by atoms with Crippen molar-refractivity contribution in [3.05, 3.63) is 134 Å². The quantitative estimate of drug-likeness (QED) is 0.218. The minimum absolute atomic E-state index is 0.904. The van der Waals surface area contributed by atoms with E-state index in [9.17, 15) is 0 Å². The molecule has 0 amide bonds. The molecule has 42 heavy (non-hydrogen) atoms. The number of rotatable bonds is 3. The predicted molar refractivity (Wildman–Crippen MR) is 176 cm³/mol. The zero-order valence-corrected chi connectivity index (χ0v) is 23.2. The number of furan rings is 1. The molecule has 4 heteroatoms. The van der Waals surface area contributed by atoms with Crippen molar-refractivity contribution in [1.29, 1.82) is 0 Å². The van der Waals surface area contributed by atoms with Crippen LogP contribution in [-0.2, 0) is 0 Å². The Morgan fingerprint density at radius 3 is 2.24 bits per heavy atom. The molecule has 9 rings (SSSR count). The number of hydrogen-bond donors (Lipinski definition) is 0. The lowest BCUT2D eigenvalue weighted by Crippen LogP contribution is -1.87. The van der Waals surface area contributed by atoms with Gasteiger partial charge < -0.3 is 4.42 Å². The summed E-state index contributed by atoms with van der Waals surface area (Å²) in [5, 5.41) is 5.92. The molecule has 0 atom stereocenters. The first-order valence-electron chi connectivity index (χ1n) is 14.0. The van der Waals surface area contributed by atoms with Crippen LogP contribution in [0.25, 0.3) is 86.5 Å². The SMILES string of the molecule is c1cc(-c2cccc3c2oc2ccccc23)cc(-c2ncnc3c2sc2ccc(-c4cccc5ccccc45)cc23)c1. The van der Waals surface area contributed by atoms with Crippen LogP contribution in [0.2, 0.25) is 0 Å². The van der Waals surface area contributed by atoms with E-state index in [2.05, 4.69) is 115 Å². The van der Waals surface area contributed by atoms with Crippen LogP contribution in [0.1, 0.15) is 0 Å². The van der Waals surface area contributed by atoms with Crippen molar-refractivity contribution in [3.8, 4) is 33.5 Å². The normalized spacial score (nSPS) is 11.8. The second-order valence-electron chi connectivity index (χ2n) is 10.6. The Labute approximate surface area is 245 Å². The smallest absolute Gasteiger partial charge is 0.143 e. The van der Waals surface area contributed by atoms with E-state index < -0.39 is 0 Å². The third kappa shape index (κ3) is 3.52. The molecule has 0 saturated heterocycles. The molecule has 0 aliphatic rings. The van der Waals surface area contributed by atoms with Gasteiger partial charge in [-0.3, -0.25) is 0 Å². The van der Waals surface area contributed by atoms with E-state index in [1.54, 1.807) is 17.7 Å². The lowest BCUT2D eigenvalue weighted by Gasteiger charge is -2.07. The lowest BCUT2D eigenvalue weighted by atomic mass is 9.97. The third-order valence-electron chi connectivity index (χ3n) is 8.20. The van der Waals surface area contributed by atoms with E-state index in [-0.39, 0.29) is 0 Å². The average Bonchev–Trinajstić information content (AvgIpc) is 3.63. The molecule has 9 aromatic rings. The summed E-state index contributed by atoms with van der Waals surface area (Å²) in [5.74, 6) is 0. The Morgan fingerprint density at radius 1 is 0.524 bits per heavy atom. The molecule has 0 aliphatic heterocycles. The van der Waals surface area contributed by atoms with Crippen LogP contribution in [-0.4, -0.2) is 9.97 Å². The zero-order valence-electron chi connectivity index (χ0n) is 22.4. The van der Waals surface area contributed by atoms with E-state index in [4.69, 9.17) is 14.4 Å². The highest BCUT2D eigenvalue weighted by molar-refractivity contribution is 7.26. The van der Waals surface area contributed by atoms with Crippen LogP contribution in [0, 0.1) is 0 Å². The largest absolute Gasteiger partial charge is 0.455 e. The van der Waals surface area contributed by atoms with Gasteiger partial charge in [0.15, 0.2) is 0 Å². The number of fused-ring (bicyclic) bond motifs is 7. The molecular formula is C38H22N2OS. The molecule has 3 aromatic heterocycles. The summed E-state index contributed by atoms with van der Waals surface area (Å²) in [7, 11) is 0. The topological polar surface area (TPSA) is 38.9 Å². The fourth-order valence-electron chi connectivity index (χ4n) is 6.24. The standard InChI is InChI=1S/C38H22N2OS/c1-2-12-27-23(8-1)9-6-14-28(27)25-18-19-34-32(21-25)36-38(42-34)35(39-22-40-36)26-11-5-10-24(20-26)29-15-7-16-31-30-13-3-4-17-33(30)41-37(29)31/h1-22H. The Morgan fingerprint density at radius 2 is 1.26 bits per heavy atom. The van der Waals surface area contributed by atoms with Crippen molar-refractivity contribution in [2.24, 2.45) is 0 Å². The summed E-state index contributed by atoms with van der Waals surface area (Å²) in [4.78, 5) is 9.58. The summed E-state index contributed by atoms with van der Waals surface area (Å²) in [6, 6.07) is 45.0. The van der Waals surface area contributed by atoms with Crippen LogP contribution in [0.15, 0.2) is 138 Å². The van der Waals surface area contributed by atoms with Gasteiger partial charge in [0.2, 0.25) is 0 Å². The maximum absolute atomic E-state index is 6.34. The Bertz CT molecular complexity index is 2480. The number of aromatic nitrogens is 2. The first-order valence-corrected chi connectivity index (χ1v) is 14.8. The second-order valence-corrected chi connectivity index (χ2v) is 11.7. The number of nitrogens with zero attached hydrogens (tertiary/aromatic N) is 2. The summed E-state index contributed by atoms with van der Waals surface area (Å²) >= 11 is 1.75. The summed E-state index contributed by atoms with van der Waals surface area (Å²) in [6.07, 6.45) is 1.70. The van der Waals surface area contributed by atoms with Gasteiger partial charge in [-0.15, -0.1) is 11.3 Å². The highest BCUT2D eigenvalue weighted by Gasteiger charge is 2.16. The Kier molecular flexibility index (Phi) is 5.07. The van der Waals surface area contributed by atoms with Crippen LogP contribution >= 0.6 is 11.3 Å². The van der Waals surface area contributed by atoms with Crippen molar-refractivity contribution in [3.63, 3.8) is 0 Å². The van der Waals surface area contributed by atoms with Crippen LogP contribution in [0.4, 0.5) is 0 Å². The molecule has 0 unspecified atom stereocenters. The molecule has 0 aliphatic carbocycles. The molecule has 3 nitrogen and oxygen atoms in total. The average molecular weight is 555 g/mol. The van der Waals surface area contributed by atoms with Crippen molar-refractivity contribution < 1.29 is 4.42 Å². The van der Waals surface area contributed by atoms with Gasteiger partial charge in [-0.25, -0.2) is 9.97 Å². The maximum atomic E-state index is 6.34. The van der Waals surface area contributed by atoms with Gasteiger partial charge in [-0.1, -0.05) is 103 Å². The number of benzene rings is 6. The van der Waals surface area contributed by atoms with E-state index in [0.717, 1.165) is 59.9 Å². The van der Waals surface area contributed by atoms with Crippen molar-refractivity contribution in [2.45, 2.75) is 0 Å². The summed E-state index contributed by atoms with van der Waals surface area (Å²) < 4.78 is 8.65. The lowest BCUT2D eigenvalue weighted by molar-refractivity contribution is 0.670. The van der Waals surface area contributed by atoms with Gasteiger partial charge in [0.25, 0.3) is 0 Å². The molecule has 196 valence electrons. The van der Waals surface area contributed by atoms with Gasteiger partial charge in [-0.2, -0.15) is 0 Å². The fourth-order valence-corrected chi connectivity index (χ4v) is 7.38. The van der Waals surface area contributed by atoms with E-state index in [1.807, 2.05) is 12.1 Å². The van der Waals surface area contributed by atoms with Crippen molar-refractivity contribution >= 4 is 64.4 Å². The highest BCUT2D eigenvalue weighted by Crippen LogP contribution is 2.42. The molecule has 3 heterocycles. The molecule has 6 aromatic carbocycles. The minimum atomic E-state index is 0.904. The van der Waals surface area contributed by atoms with Gasteiger partial charge >= 0.3 is 0 Å². The van der Waals surface area contributed by atoms with E-state index >= 15 is 0 Å². The highest BCUT2D eigenvalue weighted by atomic mass is 32.1. The molecule has 0 radical (unpaired) electrons. The minimum Gasteiger partial charge on any atom is -0.455 e. The Hall–Kier alpha value is -5.32. The molecule has 0 N–H and O–H groups in total. The first kappa shape index (κ1) is 23.4. The van der Waals surface area contributed by atoms with Gasteiger partial charge in [0.1, 0.15) is 17.5 Å². The third-order valence-corrected chi connectivity index (χ3v) is 9.37. The first-order chi connectivity index (χ1) is 20.8. The van der Waals surface area contributed by atoms with Crippen LogP contribution < -0.4 is 0 Å². The van der Waals surface area contributed by atoms with Gasteiger partial charge in [0, 0.05) is 32.0 Å². The van der Waals surface area contributed by atoms with Gasteiger partial charge in [-0.05, 0) is 51.7 Å². The van der Waals surface area contributed by atoms with Crippen LogP contribution in [0.5, 0.6) is 0 Å². The summed E-state index contributed by atoms with van der Waals surface area (Å²) in [5.41, 5.74) is 9.42. The van der Waals surface area contributed by atoms with E-state index in [0.29, 0.717) is 0 Å². The van der Waals surface area contributed by atoms with E-state index in [1.165, 1.54) is 26.6 Å². The van der Waals surface area contributed by atoms with Crippen LogP contribution in [0.3, 0.4) is 0 Å². The van der Waals surface area contributed by atoms with Crippen molar-refractivity contribution in [2.75, 3.05) is 0 Å². The molecule has 0 fully saturated rings.